The fraction of sp³-hybridized carbons (Fsp3) is 0.185. The van der Waals surface area contributed by atoms with Gasteiger partial charge in [-0.1, -0.05) is 54.1 Å². The van der Waals surface area contributed by atoms with Crippen molar-refractivity contribution >= 4 is 46.2 Å². The van der Waals surface area contributed by atoms with Gasteiger partial charge in [-0.15, -0.1) is 0 Å². The van der Waals surface area contributed by atoms with Crippen LogP contribution in [0, 0.1) is 0 Å². The third-order valence-electron chi connectivity index (χ3n) is 5.52. The number of hydrogen-bond donors (Lipinski definition) is 0. The van der Waals surface area contributed by atoms with Gasteiger partial charge in [0.05, 0.1) is 23.7 Å². The molecule has 1 saturated heterocycles. The van der Waals surface area contributed by atoms with Gasteiger partial charge in [0.15, 0.2) is 5.17 Å². The highest BCUT2D eigenvalue weighted by atomic mass is 35.5. The number of hydrogen-bond acceptors (Lipinski definition) is 5. The van der Waals surface area contributed by atoms with Crippen LogP contribution in [0.25, 0.3) is 6.08 Å². The van der Waals surface area contributed by atoms with Crippen LogP contribution < -0.4 is 4.74 Å². The zero-order valence-electron chi connectivity index (χ0n) is 19.3. The summed E-state index contributed by atoms with van der Waals surface area (Å²) in [5.41, 5.74) is 2.82. The van der Waals surface area contributed by atoms with E-state index in [0.29, 0.717) is 21.6 Å². The van der Waals surface area contributed by atoms with Crippen molar-refractivity contribution in [2.24, 2.45) is 4.99 Å². The minimum absolute atomic E-state index is 0.0155. The largest absolute Gasteiger partial charge is 0.497 e. The molecule has 34 heavy (non-hydrogen) atoms. The van der Waals surface area contributed by atoms with E-state index >= 15 is 0 Å². The van der Waals surface area contributed by atoms with Gasteiger partial charge in [-0.05, 0) is 79.5 Å². The smallest absolute Gasteiger partial charge is 0.266 e. The summed E-state index contributed by atoms with van der Waals surface area (Å²) < 4.78 is 5.25. The van der Waals surface area contributed by atoms with Crippen LogP contribution in [0.5, 0.6) is 5.75 Å². The average molecular weight is 492 g/mol. The Bertz CT molecular complexity index is 1190. The van der Waals surface area contributed by atoms with Gasteiger partial charge in [-0.25, -0.2) is 4.99 Å². The Morgan fingerprint density at radius 1 is 1.03 bits per heavy atom. The minimum atomic E-state index is -0.0602. The molecule has 7 heteroatoms. The molecule has 0 radical (unpaired) electrons. The van der Waals surface area contributed by atoms with Crippen LogP contribution in [-0.4, -0.2) is 48.6 Å². The molecule has 1 aliphatic heterocycles. The maximum Gasteiger partial charge on any atom is 0.266 e. The van der Waals surface area contributed by atoms with Gasteiger partial charge in [0.1, 0.15) is 5.75 Å². The lowest BCUT2D eigenvalue weighted by molar-refractivity contribution is -0.122. The maximum absolute atomic E-state index is 13.6. The van der Waals surface area contributed by atoms with Crippen molar-refractivity contribution in [3.05, 3.63) is 99.9 Å². The van der Waals surface area contributed by atoms with E-state index in [0.717, 1.165) is 22.6 Å². The highest BCUT2D eigenvalue weighted by Crippen LogP contribution is 2.36. The SMILES string of the molecule is COc1ccc(N=C2S/C(=C\c3ccc(Cl)cc3)C(=O)N2C[C@H](c2ccccc2)N(C)C)cc1. The second-order valence-corrected chi connectivity index (χ2v) is 9.51. The molecule has 0 bridgehead atoms. The van der Waals surface area contributed by atoms with E-state index in [9.17, 15) is 4.79 Å². The molecule has 1 heterocycles. The molecule has 1 amide bonds. The second kappa shape index (κ2) is 10.9. The number of carbonyl (C=O) groups is 1. The summed E-state index contributed by atoms with van der Waals surface area (Å²) >= 11 is 7.41. The average Bonchev–Trinajstić information content (AvgIpc) is 3.13. The van der Waals surface area contributed by atoms with Gasteiger partial charge < -0.3 is 9.64 Å². The molecule has 1 fully saturated rings. The molecule has 5 nitrogen and oxygen atoms in total. The molecule has 0 spiro atoms. The Morgan fingerprint density at radius 3 is 2.32 bits per heavy atom. The summed E-state index contributed by atoms with van der Waals surface area (Å²) in [7, 11) is 5.68. The van der Waals surface area contributed by atoms with Crippen molar-refractivity contribution in [2.45, 2.75) is 6.04 Å². The molecule has 0 saturated carbocycles. The molecule has 1 atom stereocenters. The van der Waals surface area contributed by atoms with Crippen molar-refractivity contribution in [2.75, 3.05) is 27.7 Å². The summed E-state index contributed by atoms with van der Waals surface area (Å²) in [6.07, 6.45) is 1.89. The predicted molar refractivity (Wildman–Crippen MR) is 142 cm³/mol. The molecule has 3 aromatic carbocycles. The van der Waals surface area contributed by atoms with Gasteiger partial charge in [-0.2, -0.15) is 0 Å². The van der Waals surface area contributed by atoms with Crippen molar-refractivity contribution in [1.82, 2.24) is 9.80 Å². The first-order valence-electron chi connectivity index (χ1n) is 10.9. The van der Waals surface area contributed by atoms with E-state index in [4.69, 9.17) is 21.3 Å². The van der Waals surface area contributed by atoms with Gasteiger partial charge in [0, 0.05) is 11.6 Å². The first-order valence-corrected chi connectivity index (χ1v) is 12.0. The molecule has 0 aromatic heterocycles. The highest BCUT2D eigenvalue weighted by molar-refractivity contribution is 8.18. The first kappa shape index (κ1) is 24.1. The van der Waals surface area contributed by atoms with Gasteiger partial charge in [-0.3, -0.25) is 9.69 Å². The van der Waals surface area contributed by atoms with Crippen LogP contribution in [0.4, 0.5) is 5.69 Å². The molecule has 3 aromatic rings. The number of likely N-dealkylation sites (N-methyl/N-ethyl adjacent to an activating group) is 1. The summed E-state index contributed by atoms with van der Waals surface area (Å²) in [6, 6.07) is 25.2. The standard InChI is InChI=1S/C27H26ClN3O2S/c1-30(2)24(20-7-5-4-6-8-20)18-31-26(32)25(17-19-9-11-21(28)12-10-19)34-27(31)29-22-13-15-23(33-3)16-14-22/h4-17,24H,18H2,1-3H3/b25-17-,29-27?/t24-/m1/s1. The van der Waals surface area contributed by atoms with Crippen LogP contribution in [0.1, 0.15) is 17.2 Å². The fourth-order valence-electron chi connectivity index (χ4n) is 3.64. The number of ether oxygens (including phenoxy) is 1. The van der Waals surface area contributed by atoms with Crippen LogP contribution >= 0.6 is 23.4 Å². The highest BCUT2D eigenvalue weighted by Gasteiger charge is 2.35. The number of nitrogens with zero attached hydrogens (tertiary/aromatic N) is 3. The Balaban J connectivity index is 1.70. The zero-order valence-corrected chi connectivity index (χ0v) is 20.9. The summed E-state index contributed by atoms with van der Waals surface area (Å²) in [6.45, 7) is 0.482. The first-order chi connectivity index (χ1) is 16.4. The summed E-state index contributed by atoms with van der Waals surface area (Å²) in [5.74, 6) is 0.700. The Morgan fingerprint density at radius 2 is 1.71 bits per heavy atom. The Hall–Kier alpha value is -3.06. The van der Waals surface area contributed by atoms with Crippen LogP contribution in [0.2, 0.25) is 5.02 Å². The maximum atomic E-state index is 13.6. The number of halogens is 1. The molecule has 0 N–H and O–H groups in total. The number of thioether (sulfide) groups is 1. The normalized spacial score (nSPS) is 17.1. The van der Waals surface area contributed by atoms with Crippen molar-refractivity contribution in [3.8, 4) is 5.75 Å². The van der Waals surface area contributed by atoms with Crippen molar-refractivity contribution < 1.29 is 9.53 Å². The number of carbonyl (C=O) groups excluding carboxylic acids is 1. The number of aliphatic imine (C=N–C) groups is 1. The molecular weight excluding hydrogens is 466 g/mol. The topological polar surface area (TPSA) is 45.1 Å². The quantitative estimate of drug-likeness (QED) is 0.366. The third kappa shape index (κ3) is 5.70. The number of rotatable bonds is 7. The lowest BCUT2D eigenvalue weighted by Gasteiger charge is -2.29. The molecule has 0 unspecified atom stereocenters. The van der Waals surface area contributed by atoms with Crippen molar-refractivity contribution in [1.29, 1.82) is 0 Å². The van der Waals surface area contributed by atoms with Gasteiger partial charge in [0.2, 0.25) is 0 Å². The summed E-state index contributed by atoms with van der Waals surface area (Å²) in [5, 5.41) is 1.31. The molecule has 174 valence electrons. The van der Waals surface area contributed by atoms with E-state index in [1.807, 2.05) is 86.9 Å². The predicted octanol–water partition coefficient (Wildman–Crippen LogP) is 6.26. The third-order valence-corrected chi connectivity index (χ3v) is 6.77. The van der Waals surface area contributed by atoms with Crippen LogP contribution in [-0.2, 0) is 4.79 Å². The van der Waals surface area contributed by atoms with E-state index in [2.05, 4.69) is 17.0 Å². The van der Waals surface area contributed by atoms with Crippen LogP contribution in [0.15, 0.2) is 88.8 Å². The van der Waals surface area contributed by atoms with E-state index < -0.39 is 0 Å². The van der Waals surface area contributed by atoms with Gasteiger partial charge in [0.25, 0.3) is 5.91 Å². The number of amidine groups is 1. The van der Waals surface area contributed by atoms with Gasteiger partial charge >= 0.3 is 0 Å². The zero-order chi connectivity index (χ0) is 24.1. The number of methoxy groups -OCH3 is 1. The second-order valence-electron chi connectivity index (χ2n) is 8.06. The number of amides is 1. The molecular formula is C27H26ClN3O2S. The lowest BCUT2D eigenvalue weighted by atomic mass is 10.1. The van der Waals surface area contributed by atoms with E-state index in [1.165, 1.54) is 11.8 Å². The number of benzene rings is 3. The Kier molecular flexibility index (Phi) is 7.73. The van der Waals surface area contributed by atoms with E-state index in [-0.39, 0.29) is 11.9 Å². The van der Waals surface area contributed by atoms with E-state index in [1.54, 1.807) is 12.0 Å². The molecule has 0 aliphatic carbocycles. The Labute approximate surface area is 209 Å². The minimum Gasteiger partial charge on any atom is -0.497 e. The van der Waals surface area contributed by atoms with Crippen molar-refractivity contribution in [3.63, 3.8) is 0 Å². The van der Waals surface area contributed by atoms with Crippen LogP contribution in [0.3, 0.4) is 0 Å². The monoisotopic (exact) mass is 491 g/mol. The lowest BCUT2D eigenvalue weighted by Crippen LogP contribution is -2.37. The molecule has 1 aliphatic rings. The fourth-order valence-corrected chi connectivity index (χ4v) is 4.78. The molecule has 4 rings (SSSR count). The summed E-state index contributed by atoms with van der Waals surface area (Å²) in [4.78, 5) is 22.9.